The molecular formula is C22H34N6O2. The second-order valence-corrected chi connectivity index (χ2v) is 8.65. The first-order valence-electron chi connectivity index (χ1n) is 11.0. The third-order valence-corrected chi connectivity index (χ3v) is 5.80. The Morgan fingerprint density at radius 3 is 1.67 bits per heavy atom. The lowest BCUT2D eigenvalue weighted by Gasteiger charge is -2.30. The predicted molar refractivity (Wildman–Crippen MR) is 114 cm³/mol. The number of rotatable bonds is 10. The van der Waals surface area contributed by atoms with Gasteiger partial charge in [0.05, 0.1) is 0 Å². The van der Waals surface area contributed by atoms with Gasteiger partial charge in [-0.15, -0.1) is 0 Å². The van der Waals surface area contributed by atoms with Crippen LogP contribution in [0.3, 0.4) is 0 Å². The summed E-state index contributed by atoms with van der Waals surface area (Å²) in [6.45, 7) is 6.88. The van der Waals surface area contributed by atoms with Gasteiger partial charge in [0.1, 0.15) is 0 Å². The molecule has 2 N–H and O–H groups in total. The van der Waals surface area contributed by atoms with Crippen LogP contribution >= 0.6 is 0 Å². The minimum Gasteiger partial charge on any atom is -0.356 e. The van der Waals surface area contributed by atoms with Gasteiger partial charge in [-0.25, -0.2) is 0 Å². The van der Waals surface area contributed by atoms with Crippen molar-refractivity contribution < 1.29 is 9.59 Å². The Hall–Kier alpha value is -2.64. The number of aromatic nitrogens is 4. The second-order valence-electron chi connectivity index (χ2n) is 8.65. The average molecular weight is 415 g/mol. The smallest absolute Gasteiger partial charge is 0.223 e. The first-order valence-corrected chi connectivity index (χ1v) is 11.0. The van der Waals surface area contributed by atoms with Crippen LogP contribution in [0.4, 0.5) is 0 Å². The standard InChI is InChI=1S/C22H34N6O2/c1-17(15-27-11-5-9-25-27)13-23-21(29)19-7-3-4-8-20(19)22(30)24-14-18(2)16-28-12-6-10-26-28/h5-6,9-12,17-20H,3-4,7-8,13-16H2,1-2H3,(H,23,29)(H,24,30)/t17-,18-,19-,20-/m1/s1. The fourth-order valence-electron chi connectivity index (χ4n) is 4.15. The second kappa shape index (κ2) is 10.9. The Kier molecular flexibility index (Phi) is 8.04. The van der Waals surface area contributed by atoms with E-state index < -0.39 is 0 Å². The summed E-state index contributed by atoms with van der Waals surface area (Å²) in [6, 6.07) is 3.79. The summed E-state index contributed by atoms with van der Waals surface area (Å²) in [7, 11) is 0. The zero-order chi connectivity index (χ0) is 21.3. The van der Waals surface area contributed by atoms with Gasteiger partial charge in [-0.05, 0) is 36.8 Å². The lowest BCUT2D eigenvalue weighted by atomic mass is 9.78. The van der Waals surface area contributed by atoms with Crippen molar-refractivity contribution in [2.24, 2.45) is 23.7 Å². The number of carbonyl (C=O) groups excluding carboxylic acids is 2. The predicted octanol–water partition coefficient (Wildman–Crippen LogP) is 2.09. The third kappa shape index (κ3) is 6.43. The first-order chi connectivity index (χ1) is 14.5. The molecule has 0 aromatic carbocycles. The molecule has 8 nitrogen and oxygen atoms in total. The highest BCUT2D eigenvalue weighted by atomic mass is 16.2. The van der Waals surface area contributed by atoms with E-state index >= 15 is 0 Å². The summed E-state index contributed by atoms with van der Waals surface area (Å²) >= 11 is 0. The number of amides is 2. The Morgan fingerprint density at radius 1 is 0.867 bits per heavy atom. The largest absolute Gasteiger partial charge is 0.356 e. The molecule has 1 fully saturated rings. The van der Waals surface area contributed by atoms with E-state index in [-0.39, 0.29) is 35.5 Å². The van der Waals surface area contributed by atoms with Gasteiger partial charge in [-0.1, -0.05) is 26.7 Å². The molecule has 0 bridgehead atoms. The van der Waals surface area contributed by atoms with E-state index in [1.165, 1.54) is 0 Å². The maximum atomic E-state index is 12.8. The number of carbonyl (C=O) groups is 2. The van der Waals surface area contributed by atoms with Crippen molar-refractivity contribution in [3.63, 3.8) is 0 Å². The number of nitrogens with zero attached hydrogens (tertiary/aromatic N) is 4. The molecule has 0 saturated heterocycles. The van der Waals surface area contributed by atoms with E-state index in [2.05, 4.69) is 34.7 Å². The molecular weight excluding hydrogens is 380 g/mol. The van der Waals surface area contributed by atoms with Crippen molar-refractivity contribution in [1.82, 2.24) is 30.2 Å². The zero-order valence-electron chi connectivity index (χ0n) is 18.0. The minimum absolute atomic E-state index is 0.00625. The van der Waals surface area contributed by atoms with E-state index in [4.69, 9.17) is 0 Å². The SMILES string of the molecule is C[C@H](CNC(=O)[C@@H]1CCCC[C@H]1C(=O)NC[C@@H](C)Cn1cccn1)Cn1cccn1. The van der Waals surface area contributed by atoms with Gasteiger partial charge in [-0.3, -0.25) is 19.0 Å². The van der Waals surface area contributed by atoms with Crippen molar-refractivity contribution in [2.75, 3.05) is 13.1 Å². The Morgan fingerprint density at radius 2 is 1.30 bits per heavy atom. The van der Waals surface area contributed by atoms with Crippen LogP contribution in [0.25, 0.3) is 0 Å². The highest BCUT2D eigenvalue weighted by Crippen LogP contribution is 2.30. The average Bonchev–Trinajstić information content (AvgIpc) is 3.44. The molecule has 2 aromatic heterocycles. The van der Waals surface area contributed by atoms with Gasteiger partial charge in [0.25, 0.3) is 0 Å². The Bertz CT molecular complexity index is 707. The molecule has 3 rings (SSSR count). The van der Waals surface area contributed by atoms with E-state index in [0.29, 0.717) is 13.1 Å². The van der Waals surface area contributed by atoms with Gasteiger partial charge in [0, 0.05) is 62.8 Å². The van der Waals surface area contributed by atoms with Crippen LogP contribution < -0.4 is 10.6 Å². The summed E-state index contributed by atoms with van der Waals surface area (Å²) in [5.74, 6) is 0.0772. The van der Waals surface area contributed by atoms with Crippen LogP contribution in [0.5, 0.6) is 0 Å². The Balaban J connectivity index is 1.45. The van der Waals surface area contributed by atoms with Gasteiger partial charge < -0.3 is 10.6 Å². The third-order valence-electron chi connectivity index (χ3n) is 5.80. The maximum Gasteiger partial charge on any atom is 0.223 e. The first kappa shape index (κ1) is 22.1. The summed E-state index contributed by atoms with van der Waals surface area (Å²) in [4.78, 5) is 25.7. The molecule has 8 heteroatoms. The van der Waals surface area contributed by atoms with Crippen LogP contribution in [0.2, 0.25) is 0 Å². The van der Waals surface area contributed by atoms with Crippen molar-refractivity contribution in [1.29, 1.82) is 0 Å². The summed E-state index contributed by atoms with van der Waals surface area (Å²) in [6.07, 6.45) is 10.9. The molecule has 1 saturated carbocycles. The van der Waals surface area contributed by atoms with Crippen LogP contribution in [0.15, 0.2) is 36.9 Å². The zero-order valence-corrected chi connectivity index (χ0v) is 18.0. The van der Waals surface area contributed by atoms with Crippen LogP contribution in [-0.4, -0.2) is 44.5 Å². The molecule has 0 aliphatic heterocycles. The fourth-order valence-corrected chi connectivity index (χ4v) is 4.15. The maximum absolute atomic E-state index is 12.8. The lowest BCUT2D eigenvalue weighted by Crippen LogP contribution is -2.45. The van der Waals surface area contributed by atoms with E-state index in [0.717, 1.165) is 38.8 Å². The molecule has 2 aromatic rings. The summed E-state index contributed by atoms with van der Waals surface area (Å²) < 4.78 is 3.75. The van der Waals surface area contributed by atoms with Gasteiger partial charge in [-0.2, -0.15) is 10.2 Å². The normalized spacial score (nSPS) is 21.0. The molecule has 0 radical (unpaired) electrons. The van der Waals surface area contributed by atoms with Crippen LogP contribution in [-0.2, 0) is 22.7 Å². The lowest BCUT2D eigenvalue weighted by molar-refractivity contribution is -0.136. The highest BCUT2D eigenvalue weighted by Gasteiger charge is 2.35. The topological polar surface area (TPSA) is 93.8 Å². The van der Waals surface area contributed by atoms with Crippen LogP contribution in [0.1, 0.15) is 39.5 Å². The number of hydrogen-bond donors (Lipinski definition) is 2. The van der Waals surface area contributed by atoms with Crippen LogP contribution in [0, 0.1) is 23.7 Å². The highest BCUT2D eigenvalue weighted by molar-refractivity contribution is 5.87. The van der Waals surface area contributed by atoms with Crippen molar-refractivity contribution in [3.8, 4) is 0 Å². The van der Waals surface area contributed by atoms with Gasteiger partial charge in [0.2, 0.25) is 11.8 Å². The van der Waals surface area contributed by atoms with Crippen molar-refractivity contribution in [2.45, 2.75) is 52.6 Å². The quantitative estimate of drug-likeness (QED) is 0.622. The molecule has 1 aliphatic rings. The van der Waals surface area contributed by atoms with E-state index in [9.17, 15) is 9.59 Å². The molecule has 164 valence electrons. The fraction of sp³-hybridized carbons (Fsp3) is 0.636. The summed E-state index contributed by atoms with van der Waals surface area (Å²) in [5.41, 5.74) is 0. The molecule has 2 heterocycles. The van der Waals surface area contributed by atoms with E-state index in [1.807, 2.05) is 33.9 Å². The molecule has 4 atom stereocenters. The molecule has 0 spiro atoms. The molecule has 1 aliphatic carbocycles. The monoisotopic (exact) mass is 414 g/mol. The molecule has 30 heavy (non-hydrogen) atoms. The summed E-state index contributed by atoms with van der Waals surface area (Å²) in [5, 5.41) is 14.6. The van der Waals surface area contributed by atoms with Crippen molar-refractivity contribution in [3.05, 3.63) is 36.9 Å². The molecule has 0 unspecified atom stereocenters. The Labute approximate surface area is 178 Å². The number of nitrogens with one attached hydrogen (secondary N) is 2. The van der Waals surface area contributed by atoms with Gasteiger partial charge >= 0.3 is 0 Å². The van der Waals surface area contributed by atoms with Crippen molar-refractivity contribution >= 4 is 11.8 Å². The van der Waals surface area contributed by atoms with Gasteiger partial charge in [0.15, 0.2) is 0 Å². The molecule has 2 amide bonds. The minimum atomic E-state index is -0.239. The van der Waals surface area contributed by atoms with E-state index in [1.54, 1.807) is 12.4 Å². The number of hydrogen-bond acceptors (Lipinski definition) is 4.